The van der Waals surface area contributed by atoms with Gasteiger partial charge in [-0.1, -0.05) is 6.08 Å². The second-order valence-electron chi connectivity index (χ2n) is 3.92. The third kappa shape index (κ3) is 2.61. The van der Waals surface area contributed by atoms with Gasteiger partial charge in [-0.25, -0.2) is 0 Å². The summed E-state index contributed by atoms with van der Waals surface area (Å²) in [6.07, 6.45) is 4.99. The van der Waals surface area contributed by atoms with E-state index in [-0.39, 0.29) is 18.0 Å². The van der Waals surface area contributed by atoms with E-state index in [1.165, 1.54) is 0 Å². The molecule has 1 aliphatic heterocycles. The summed E-state index contributed by atoms with van der Waals surface area (Å²) in [5.41, 5.74) is -0.0537. The summed E-state index contributed by atoms with van der Waals surface area (Å²) in [5.74, 6) is 0. The molecule has 70 valence electrons. The molecule has 1 aliphatic rings. The number of hydrogen-bond acceptors (Lipinski definition) is 2. The summed E-state index contributed by atoms with van der Waals surface area (Å²) >= 11 is 0. The Morgan fingerprint density at radius 1 is 1.42 bits per heavy atom. The van der Waals surface area contributed by atoms with E-state index in [0.717, 1.165) is 6.42 Å². The molecule has 2 unspecified atom stereocenters. The molecule has 2 nitrogen and oxygen atoms in total. The van der Waals surface area contributed by atoms with Crippen molar-refractivity contribution in [3.8, 4) is 0 Å². The van der Waals surface area contributed by atoms with Crippen LogP contribution in [0.2, 0.25) is 0 Å². The van der Waals surface area contributed by atoms with Gasteiger partial charge >= 0.3 is 0 Å². The van der Waals surface area contributed by atoms with Gasteiger partial charge in [0.25, 0.3) is 0 Å². The molecule has 0 aromatic heterocycles. The highest BCUT2D eigenvalue weighted by atomic mass is 16.7. The molecule has 0 amide bonds. The Labute approximate surface area is 74.6 Å². The minimum atomic E-state index is -0.159. The predicted octanol–water partition coefficient (Wildman–Crippen LogP) is 2.49. The van der Waals surface area contributed by atoms with Crippen LogP contribution in [0.3, 0.4) is 0 Å². The van der Waals surface area contributed by atoms with Crippen LogP contribution in [0.4, 0.5) is 0 Å². The van der Waals surface area contributed by atoms with E-state index in [1.807, 2.05) is 19.1 Å². The lowest BCUT2D eigenvalue weighted by Gasteiger charge is -2.38. The van der Waals surface area contributed by atoms with Gasteiger partial charge in [0, 0.05) is 6.42 Å². The second kappa shape index (κ2) is 3.58. The number of rotatable bonds is 1. The first-order chi connectivity index (χ1) is 5.53. The third-order valence-corrected chi connectivity index (χ3v) is 1.93. The molecule has 1 heterocycles. The summed E-state index contributed by atoms with van der Waals surface area (Å²) in [7, 11) is 0. The summed E-state index contributed by atoms with van der Waals surface area (Å²) in [6.45, 7) is 8.25. The fraction of sp³-hybridized carbons (Fsp3) is 0.800. The average Bonchev–Trinajstić information content (AvgIpc) is 1.82. The van der Waals surface area contributed by atoms with Gasteiger partial charge in [-0.2, -0.15) is 0 Å². The van der Waals surface area contributed by atoms with Crippen LogP contribution in [-0.4, -0.2) is 18.0 Å². The standard InChI is InChI=1S/C10H18O2/c1-5-6-9-11-8(2)7-10(3,4)12-9/h5-6,8-9H,7H2,1-4H3/b6-5+. The Morgan fingerprint density at radius 3 is 2.58 bits per heavy atom. The number of hydrogen-bond donors (Lipinski definition) is 0. The lowest BCUT2D eigenvalue weighted by Crippen LogP contribution is -2.42. The molecule has 0 spiro atoms. The van der Waals surface area contributed by atoms with Crippen LogP contribution in [0.15, 0.2) is 12.2 Å². The fourth-order valence-electron chi connectivity index (χ4n) is 1.60. The lowest BCUT2D eigenvalue weighted by atomic mass is 10.00. The highest BCUT2D eigenvalue weighted by Crippen LogP contribution is 2.27. The van der Waals surface area contributed by atoms with Crippen molar-refractivity contribution in [2.75, 3.05) is 0 Å². The van der Waals surface area contributed by atoms with Crippen molar-refractivity contribution >= 4 is 0 Å². The van der Waals surface area contributed by atoms with Crippen molar-refractivity contribution in [3.63, 3.8) is 0 Å². The van der Waals surface area contributed by atoms with E-state index < -0.39 is 0 Å². The zero-order chi connectivity index (χ0) is 9.19. The van der Waals surface area contributed by atoms with Crippen molar-refractivity contribution in [1.82, 2.24) is 0 Å². The summed E-state index contributed by atoms with van der Waals surface area (Å²) < 4.78 is 11.2. The van der Waals surface area contributed by atoms with Crippen molar-refractivity contribution in [3.05, 3.63) is 12.2 Å². The van der Waals surface area contributed by atoms with Crippen LogP contribution in [0.25, 0.3) is 0 Å². The van der Waals surface area contributed by atoms with Gasteiger partial charge in [0.1, 0.15) is 0 Å². The highest BCUT2D eigenvalue weighted by molar-refractivity contribution is 4.88. The highest BCUT2D eigenvalue weighted by Gasteiger charge is 2.31. The maximum Gasteiger partial charge on any atom is 0.177 e. The van der Waals surface area contributed by atoms with Crippen LogP contribution in [0, 0.1) is 0 Å². The van der Waals surface area contributed by atoms with E-state index in [9.17, 15) is 0 Å². The van der Waals surface area contributed by atoms with Gasteiger partial charge in [0.15, 0.2) is 6.29 Å². The fourth-order valence-corrected chi connectivity index (χ4v) is 1.60. The topological polar surface area (TPSA) is 18.5 Å². The molecule has 12 heavy (non-hydrogen) atoms. The molecule has 0 bridgehead atoms. The SMILES string of the molecule is C/C=C/C1OC(C)CC(C)(C)O1. The van der Waals surface area contributed by atoms with Crippen LogP contribution >= 0.6 is 0 Å². The zero-order valence-electron chi connectivity index (χ0n) is 8.33. The van der Waals surface area contributed by atoms with Crippen molar-refractivity contribution < 1.29 is 9.47 Å². The van der Waals surface area contributed by atoms with Crippen LogP contribution in [0.5, 0.6) is 0 Å². The van der Waals surface area contributed by atoms with E-state index in [1.54, 1.807) is 0 Å². The Hall–Kier alpha value is -0.340. The average molecular weight is 170 g/mol. The first-order valence-electron chi connectivity index (χ1n) is 4.49. The monoisotopic (exact) mass is 170 g/mol. The molecule has 0 aromatic rings. The zero-order valence-corrected chi connectivity index (χ0v) is 8.33. The molecule has 2 atom stereocenters. The number of allylic oxidation sites excluding steroid dienone is 1. The van der Waals surface area contributed by atoms with Crippen LogP contribution in [-0.2, 0) is 9.47 Å². The van der Waals surface area contributed by atoms with Crippen LogP contribution in [0.1, 0.15) is 34.1 Å². The Bertz CT molecular complexity index is 173. The molecule has 0 saturated carbocycles. The molecule has 0 radical (unpaired) electrons. The molecule has 1 rings (SSSR count). The first-order valence-corrected chi connectivity index (χ1v) is 4.49. The van der Waals surface area contributed by atoms with Crippen molar-refractivity contribution in [2.45, 2.75) is 52.1 Å². The quantitative estimate of drug-likeness (QED) is 0.563. The van der Waals surface area contributed by atoms with Gasteiger partial charge < -0.3 is 9.47 Å². The van der Waals surface area contributed by atoms with Gasteiger partial charge in [-0.3, -0.25) is 0 Å². The molecule has 0 N–H and O–H groups in total. The summed E-state index contributed by atoms with van der Waals surface area (Å²) in [6, 6.07) is 0. The van der Waals surface area contributed by atoms with E-state index in [2.05, 4.69) is 20.8 Å². The van der Waals surface area contributed by atoms with Crippen LogP contribution < -0.4 is 0 Å². The van der Waals surface area contributed by atoms with Crippen molar-refractivity contribution in [2.24, 2.45) is 0 Å². The minimum absolute atomic E-state index is 0.0537. The maximum atomic E-state index is 5.68. The normalized spacial score (nSPS) is 35.7. The molecule has 0 aromatic carbocycles. The molecule has 1 saturated heterocycles. The first kappa shape index (κ1) is 9.75. The van der Waals surface area contributed by atoms with Gasteiger partial charge in [0.2, 0.25) is 0 Å². The maximum absolute atomic E-state index is 5.68. The minimum Gasteiger partial charge on any atom is -0.346 e. The summed E-state index contributed by atoms with van der Waals surface area (Å²) in [5, 5.41) is 0. The van der Waals surface area contributed by atoms with Gasteiger partial charge in [0.05, 0.1) is 11.7 Å². The molecular formula is C10H18O2. The predicted molar refractivity (Wildman–Crippen MR) is 48.9 cm³/mol. The van der Waals surface area contributed by atoms with Gasteiger partial charge in [-0.15, -0.1) is 0 Å². The third-order valence-electron chi connectivity index (χ3n) is 1.93. The summed E-state index contributed by atoms with van der Waals surface area (Å²) in [4.78, 5) is 0. The molecule has 1 fully saturated rings. The van der Waals surface area contributed by atoms with Crippen molar-refractivity contribution in [1.29, 1.82) is 0 Å². The Balaban J connectivity index is 2.57. The molecule has 0 aliphatic carbocycles. The van der Waals surface area contributed by atoms with E-state index >= 15 is 0 Å². The molecule has 2 heteroatoms. The lowest BCUT2D eigenvalue weighted by molar-refractivity contribution is -0.246. The number of ether oxygens (including phenoxy) is 2. The smallest absolute Gasteiger partial charge is 0.177 e. The largest absolute Gasteiger partial charge is 0.346 e. The Morgan fingerprint density at radius 2 is 2.08 bits per heavy atom. The second-order valence-corrected chi connectivity index (χ2v) is 3.92. The van der Waals surface area contributed by atoms with Gasteiger partial charge in [-0.05, 0) is 33.8 Å². The van der Waals surface area contributed by atoms with E-state index in [0.29, 0.717) is 0 Å². The van der Waals surface area contributed by atoms with E-state index in [4.69, 9.17) is 9.47 Å². The Kier molecular flexibility index (Phi) is 2.91. The molecular weight excluding hydrogens is 152 g/mol.